The van der Waals surface area contributed by atoms with Crippen LogP contribution in [-0.2, 0) is 0 Å². The predicted octanol–water partition coefficient (Wildman–Crippen LogP) is 3.63. The molecule has 4 heteroatoms. The summed E-state index contributed by atoms with van der Waals surface area (Å²) in [4.78, 5) is 16.2. The molecular formula is C15H23NO3. The van der Waals surface area contributed by atoms with Crippen LogP contribution in [0.15, 0.2) is 24.3 Å². The molecule has 0 bridgehead atoms. The molecule has 106 valence electrons. The molecule has 0 spiro atoms. The molecule has 1 rings (SSSR count). The largest absolute Gasteiger partial charge is 0.478 e. The summed E-state index contributed by atoms with van der Waals surface area (Å²) in [6, 6.07) is 6.63. The van der Waals surface area contributed by atoms with Crippen molar-refractivity contribution < 1.29 is 14.7 Å². The molecule has 0 amide bonds. The van der Waals surface area contributed by atoms with Gasteiger partial charge in [-0.15, -0.1) is 0 Å². The van der Waals surface area contributed by atoms with Gasteiger partial charge in [0, 0.05) is 6.54 Å². The van der Waals surface area contributed by atoms with Crippen molar-refractivity contribution in [2.75, 3.05) is 6.54 Å². The summed E-state index contributed by atoms with van der Waals surface area (Å²) in [7, 11) is 0. The maximum Gasteiger partial charge on any atom is 0.339 e. The number of carboxylic acid groups (broad SMARTS) is 1. The van der Waals surface area contributed by atoms with Crippen LogP contribution in [0.25, 0.3) is 0 Å². The zero-order valence-electron chi connectivity index (χ0n) is 11.5. The number of benzene rings is 1. The lowest BCUT2D eigenvalue weighted by atomic mass is 10.1. The molecule has 2 N–H and O–H groups in total. The average Bonchev–Trinajstić information content (AvgIpc) is 2.42. The second-order valence-corrected chi connectivity index (χ2v) is 4.57. The minimum atomic E-state index is -0.975. The summed E-state index contributed by atoms with van der Waals surface area (Å²) >= 11 is 0. The second kappa shape index (κ2) is 9.39. The van der Waals surface area contributed by atoms with E-state index in [1.165, 1.54) is 38.2 Å². The number of hydrogen-bond acceptors (Lipinski definition) is 3. The molecular weight excluding hydrogens is 242 g/mol. The van der Waals surface area contributed by atoms with Crippen LogP contribution in [0, 0.1) is 0 Å². The Balaban J connectivity index is 2.17. The van der Waals surface area contributed by atoms with E-state index in [0.717, 1.165) is 13.0 Å². The molecule has 0 aromatic heterocycles. The van der Waals surface area contributed by atoms with E-state index in [2.05, 4.69) is 12.4 Å². The van der Waals surface area contributed by atoms with Crippen molar-refractivity contribution in [1.82, 2.24) is 5.48 Å². The molecule has 0 radical (unpaired) electrons. The van der Waals surface area contributed by atoms with Gasteiger partial charge in [-0.2, -0.15) is 5.48 Å². The van der Waals surface area contributed by atoms with Gasteiger partial charge in [0.2, 0.25) is 0 Å². The van der Waals surface area contributed by atoms with E-state index in [4.69, 9.17) is 9.94 Å². The van der Waals surface area contributed by atoms with Crippen molar-refractivity contribution in [3.05, 3.63) is 29.8 Å². The monoisotopic (exact) mass is 265 g/mol. The molecule has 1 aromatic carbocycles. The van der Waals surface area contributed by atoms with Gasteiger partial charge in [0.25, 0.3) is 0 Å². The number of aromatic carboxylic acids is 1. The number of carboxylic acids is 1. The van der Waals surface area contributed by atoms with Crippen LogP contribution in [0.4, 0.5) is 0 Å². The number of hydrogen-bond donors (Lipinski definition) is 2. The SMILES string of the molecule is CCCCCCCCNOc1ccccc1C(=O)O. The average molecular weight is 265 g/mol. The molecule has 0 aliphatic rings. The maximum absolute atomic E-state index is 10.9. The van der Waals surface area contributed by atoms with Crippen molar-refractivity contribution in [2.24, 2.45) is 0 Å². The quantitative estimate of drug-likeness (QED) is 0.501. The third-order valence-corrected chi connectivity index (χ3v) is 2.93. The summed E-state index contributed by atoms with van der Waals surface area (Å²) in [5.41, 5.74) is 3.00. The molecule has 1 aromatic rings. The van der Waals surface area contributed by atoms with E-state index in [0.29, 0.717) is 5.75 Å². The Bertz CT molecular complexity index is 379. The molecule has 0 unspecified atom stereocenters. The molecule has 4 nitrogen and oxygen atoms in total. The predicted molar refractivity (Wildman–Crippen MR) is 75.4 cm³/mol. The highest BCUT2D eigenvalue weighted by atomic mass is 16.6. The Hall–Kier alpha value is -1.55. The van der Waals surface area contributed by atoms with Crippen LogP contribution >= 0.6 is 0 Å². The van der Waals surface area contributed by atoms with E-state index in [-0.39, 0.29) is 5.56 Å². The van der Waals surface area contributed by atoms with Crippen LogP contribution < -0.4 is 10.3 Å². The zero-order chi connectivity index (χ0) is 13.9. The number of para-hydroxylation sites is 1. The minimum absolute atomic E-state index is 0.179. The fourth-order valence-electron chi connectivity index (χ4n) is 1.84. The topological polar surface area (TPSA) is 58.6 Å². The number of rotatable bonds is 10. The smallest absolute Gasteiger partial charge is 0.339 e. The molecule has 0 aliphatic heterocycles. The summed E-state index contributed by atoms with van der Waals surface area (Å²) < 4.78 is 0. The Kier molecular flexibility index (Phi) is 7.66. The van der Waals surface area contributed by atoms with Gasteiger partial charge in [-0.05, 0) is 18.6 Å². The van der Waals surface area contributed by atoms with Gasteiger partial charge in [-0.3, -0.25) is 0 Å². The Labute approximate surface area is 114 Å². The van der Waals surface area contributed by atoms with Crippen molar-refractivity contribution in [1.29, 1.82) is 0 Å². The summed E-state index contributed by atoms with van der Waals surface area (Å²) in [5.74, 6) is -0.613. The normalized spacial score (nSPS) is 10.4. The standard InChI is InChI=1S/C15H23NO3/c1-2-3-4-5-6-9-12-16-19-14-11-8-7-10-13(14)15(17)18/h7-8,10-11,16H,2-6,9,12H2,1H3,(H,17,18). The first kappa shape index (κ1) is 15.5. The summed E-state index contributed by atoms with van der Waals surface area (Å²) in [6.07, 6.45) is 7.32. The van der Waals surface area contributed by atoms with E-state index in [1.807, 2.05) is 0 Å². The van der Waals surface area contributed by atoms with Crippen LogP contribution in [0.2, 0.25) is 0 Å². The molecule has 0 saturated heterocycles. The van der Waals surface area contributed by atoms with E-state index >= 15 is 0 Å². The Morgan fingerprint density at radius 2 is 1.84 bits per heavy atom. The van der Waals surface area contributed by atoms with Gasteiger partial charge >= 0.3 is 5.97 Å². The first-order chi connectivity index (χ1) is 9.25. The van der Waals surface area contributed by atoms with E-state index < -0.39 is 5.97 Å². The molecule has 0 heterocycles. The third kappa shape index (κ3) is 6.25. The summed E-state index contributed by atoms with van der Waals surface area (Å²) in [6.45, 7) is 2.94. The highest BCUT2D eigenvalue weighted by molar-refractivity contribution is 5.90. The van der Waals surface area contributed by atoms with Gasteiger partial charge < -0.3 is 9.94 Å². The van der Waals surface area contributed by atoms with Crippen LogP contribution in [0.1, 0.15) is 55.8 Å². The van der Waals surface area contributed by atoms with Crippen LogP contribution in [0.3, 0.4) is 0 Å². The highest BCUT2D eigenvalue weighted by Crippen LogP contribution is 2.16. The third-order valence-electron chi connectivity index (χ3n) is 2.93. The van der Waals surface area contributed by atoms with Gasteiger partial charge in [-0.1, -0.05) is 51.2 Å². The Morgan fingerprint density at radius 1 is 1.16 bits per heavy atom. The molecule has 0 saturated carbocycles. The van der Waals surface area contributed by atoms with Crippen LogP contribution in [-0.4, -0.2) is 17.6 Å². The van der Waals surface area contributed by atoms with Gasteiger partial charge in [-0.25, -0.2) is 4.79 Å². The zero-order valence-corrected chi connectivity index (χ0v) is 11.5. The lowest BCUT2D eigenvalue weighted by Gasteiger charge is -2.09. The van der Waals surface area contributed by atoms with Gasteiger partial charge in [0.1, 0.15) is 5.56 Å². The van der Waals surface area contributed by atoms with Gasteiger partial charge in [0.05, 0.1) is 0 Å². The van der Waals surface area contributed by atoms with Crippen molar-refractivity contribution in [3.63, 3.8) is 0 Å². The molecule has 0 atom stereocenters. The maximum atomic E-state index is 10.9. The van der Waals surface area contributed by atoms with Crippen LogP contribution in [0.5, 0.6) is 5.75 Å². The lowest BCUT2D eigenvalue weighted by molar-refractivity contribution is 0.0687. The summed E-state index contributed by atoms with van der Waals surface area (Å²) in [5, 5.41) is 8.98. The Morgan fingerprint density at radius 3 is 2.58 bits per heavy atom. The number of carbonyl (C=O) groups is 1. The fraction of sp³-hybridized carbons (Fsp3) is 0.533. The van der Waals surface area contributed by atoms with E-state index in [9.17, 15) is 4.79 Å². The molecule has 19 heavy (non-hydrogen) atoms. The number of hydroxylamine groups is 1. The first-order valence-electron chi connectivity index (χ1n) is 6.97. The number of unbranched alkanes of at least 4 members (excludes halogenated alkanes) is 5. The highest BCUT2D eigenvalue weighted by Gasteiger charge is 2.09. The fourth-order valence-corrected chi connectivity index (χ4v) is 1.84. The molecule has 0 aliphatic carbocycles. The van der Waals surface area contributed by atoms with Gasteiger partial charge in [0.15, 0.2) is 5.75 Å². The van der Waals surface area contributed by atoms with Crippen molar-refractivity contribution in [2.45, 2.75) is 45.4 Å². The van der Waals surface area contributed by atoms with E-state index in [1.54, 1.807) is 18.2 Å². The first-order valence-corrected chi connectivity index (χ1v) is 6.97. The lowest BCUT2D eigenvalue weighted by Crippen LogP contribution is -2.21. The molecule has 0 fully saturated rings. The van der Waals surface area contributed by atoms with Crippen molar-refractivity contribution in [3.8, 4) is 5.75 Å². The number of nitrogens with one attached hydrogen (secondary N) is 1. The van der Waals surface area contributed by atoms with Crippen molar-refractivity contribution >= 4 is 5.97 Å². The minimum Gasteiger partial charge on any atom is -0.478 e. The second-order valence-electron chi connectivity index (χ2n) is 4.57.